The quantitative estimate of drug-likeness (QED) is 0.297. The number of likely N-dealkylation sites (N-methyl/N-ethyl adjacent to an activating group) is 1. The Morgan fingerprint density at radius 1 is 1.11 bits per heavy atom. The summed E-state index contributed by atoms with van der Waals surface area (Å²) in [7, 11) is -0.403. The standard InChI is InChI=1S/C12H27NO5S/c1-4-6-13(2,7-5-12-19(14,15)16)8-9-18-11-10-17-3/h4-12H2,1-3H3. The average Bonchev–Trinajstić information content (AvgIpc) is 2.27. The molecule has 1 unspecified atom stereocenters. The molecule has 0 saturated carbocycles. The molecule has 0 fully saturated rings. The Bertz CT molecular complexity index is 320. The normalized spacial score (nSPS) is 15.4. The molecule has 0 spiro atoms. The highest BCUT2D eigenvalue weighted by atomic mass is 32.2. The molecule has 0 aliphatic rings. The molecule has 0 aliphatic carbocycles. The summed E-state index contributed by atoms with van der Waals surface area (Å²) < 4.78 is 42.9. The molecule has 0 heterocycles. The first-order valence-corrected chi connectivity index (χ1v) is 8.24. The van der Waals surface area contributed by atoms with E-state index in [4.69, 9.17) is 9.47 Å². The molecule has 116 valence electrons. The minimum atomic E-state index is -4.10. The Labute approximate surface area is 117 Å². The molecular weight excluding hydrogens is 270 g/mol. The SMILES string of the molecule is CCC[N+](C)(CCCS(=O)(=O)[O-])CCOCCOC. The van der Waals surface area contributed by atoms with Crippen molar-refractivity contribution in [2.45, 2.75) is 19.8 Å². The van der Waals surface area contributed by atoms with Crippen LogP contribution in [0.4, 0.5) is 0 Å². The molecule has 19 heavy (non-hydrogen) atoms. The number of hydrogen-bond donors (Lipinski definition) is 0. The molecule has 6 nitrogen and oxygen atoms in total. The predicted octanol–water partition coefficient (Wildman–Crippen LogP) is 0.441. The second-order valence-electron chi connectivity index (χ2n) is 5.01. The third-order valence-corrected chi connectivity index (χ3v) is 3.85. The molecule has 0 aromatic rings. The van der Waals surface area contributed by atoms with E-state index in [1.807, 2.05) is 0 Å². The lowest BCUT2D eigenvalue weighted by Gasteiger charge is -2.34. The van der Waals surface area contributed by atoms with Gasteiger partial charge in [0.2, 0.25) is 0 Å². The molecule has 0 N–H and O–H groups in total. The van der Waals surface area contributed by atoms with Gasteiger partial charge in [0.25, 0.3) is 0 Å². The second kappa shape index (κ2) is 9.66. The van der Waals surface area contributed by atoms with Crippen LogP contribution in [0.15, 0.2) is 0 Å². The minimum absolute atomic E-state index is 0.283. The molecular formula is C12H27NO5S. The third kappa shape index (κ3) is 11.3. The van der Waals surface area contributed by atoms with Gasteiger partial charge in [0, 0.05) is 19.3 Å². The van der Waals surface area contributed by atoms with Gasteiger partial charge in [0.1, 0.15) is 6.54 Å². The predicted molar refractivity (Wildman–Crippen MR) is 73.0 cm³/mol. The van der Waals surface area contributed by atoms with Gasteiger partial charge in [-0.3, -0.25) is 0 Å². The van der Waals surface area contributed by atoms with E-state index in [1.54, 1.807) is 7.11 Å². The number of quaternary nitrogens is 1. The van der Waals surface area contributed by atoms with E-state index in [9.17, 15) is 13.0 Å². The monoisotopic (exact) mass is 297 g/mol. The van der Waals surface area contributed by atoms with Crippen molar-refractivity contribution >= 4 is 10.1 Å². The van der Waals surface area contributed by atoms with E-state index in [2.05, 4.69) is 14.0 Å². The van der Waals surface area contributed by atoms with Crippen LogP contribution >= 0.6 is 0 Å². The van der Waals surface area contributed by atoms with Crippen molar-refractivity contribution in [3.63, 3.8) is 0 Å². The van der Waals surface area contributed by atoms with E-state index < -0.39 is 10.1 Å². The van der Waals surface area contributed by atoms with E-state index in [1.165, 1.54) is 0 Å². The summed E-state index contributed by atoms with van der Waals surface area (Å²) in [5.41, 5.74) is 0. The number of rotatable bonds is 12. The van der Waals surface area contributed by atoms with Crippen molar-refractivity contribution in [2.24, 2.45) is 0 Å². The molecule has 0 amide bonds. The third-order valence-electron chi connectivity index (χ3n) is 3.06. The Morgan fingerprint density at radius 3 is 2.32 bits per heavy atom. The van der Waals surface area contributed by atoms with Crippen LogP contribution < -0.4 is 0 Å². The summed E-state index contributed by atoms with van der Waals surface area (Å²) >= 11 is 0. The number of nitrogens with zero attached hydrogens (tertiary/aromatic N) is 1. The van der Waals surface area contributed by atoms with Gasteiger partial charge in [-0.1, -0.05) is 6.92 Å². The fraction of sp³-hybridized carbons (Fsp3) is 1.00. The Hall–Kier alpha value is -0.210. The summed E-state index contributed by atoms with van der Waals surface area (Å²) in [6.45, 7) is 6.30. The van der Waals surface area contributed by atoms with Crippen molar-refractivity contribution in [1.82, 2.24) is 0 Å². The summed E-state index contributed by atoms with van der Waals surface area (Å²) in [6, 6.07) is 0. The van der Waals surface area contributed by atoms with E-state index >= 15 is 0 Å². The fourth-order valence-corrected chi connectivity index (χ4v) is 2.51. The molecule has 7 heteroatoms. The summed E-state index contributed by atoms with van der Waals surface area (Å²) in [5, 5.41) is 0. The maximum Gasteiger partial charge on any atom is 0.102 e. The fourth-order valence-electron chi connectivity index (χ4n) is 2.03. The number of methoxy groups -OCH3 is 1. The highest BCUT2D eigenvalue weighted by Crippen LogP contribution is 2.07. The molecule has 0 aromatic heterocycles. The molecule has 0 aliphatic heterocycles. The number of ether oxygens (including phenoxy) is 2. The van der Waals surface area contributed by atoms with Gasteiger partial charge < -0.3 is 18.5 Å². The van der Waals surface area contributed by atoms with Crippen LogP contribution in [-0.2, 0) is 19.6 Å². The highest BCUT2D eigenvalue weighted by molar-refractivity contribution is 7.85. The molecule has 0 aromatic carbocycles. The lowest BCUT2D eigenvalue weighted by molar-refractivity contribution is -0.910. The molecule has 0 saturated heterocycles. The van der Waals surface area contributed by atoms with Crippen molar-refractivity contribution < 1.29 is 26.9 Å². The van der Waals surface area contributed by atoms with Crippen LogP contribution in [0, 0.1) is 0 Å². The van der Waals surface area contributed by atoms with Gasteiger partial charge >= 0.3 is 0 Å². The molecule has 0 radical (unpaired) electrons. The Morgan fingerprint density at radius 2 is 1.79 bits per heavy atom. The van der Waals surface area contributed by atoms with E-state index in [0.29, 0.717) is 32.8 Å². The van der Waals surface area contributed by atoms with Crippen LogP contribution in [0.3, 0.4) is 0 Å². The zero-order valence-electron chi connectivity index (χ0n) is 12.3. The van der Waals surface area contributed by atoms with Crippen molar-refractivity contribution in [3.8, 4) is 0 Å². The Balaban J connectivity index is 4.03. The van der Waals surface area contributed by atoms with Crippen molar-refractivity contribution in [3.05, 3.63) is 0 Å². The minimum Gasteiger partial charge on any atom is -0.748 e. The van der Waals surface area contributed by atoms with Gasteiger partial charge in [0.05, 0.1) is 50.1 Å². The van der Waals surface area contributed by atoms with E-state index in [0.717, 1.165) is 24.0 Å². The summed E-state index contributed by atoms with van der Waals surface area (Å²) in [4.78, 5) is 0. The van der Waals surface area contributed by atoms with Gasteiger partial charge in [-0.05, 0) is 6.42 Å². The van der Waals surface area contributed by atoms with Gasteiger partial charge in [-0.15, -0.1) is 0 Å². The smallest absolute Gasteiger partial charge is 0.102 e. The molecule has 0 bridgehead atoms. The van der Waals surface area contributed by atoms with Crippen LogP contribution in [0.1, 0.15) is 19.8 Å². The maximum absolute atomic E-state index is 10.6. The topological polar surface area (TPSA) is 75.7 Å². The second-order valence-corrected chi connectivity index (χ2v) is 6.53. The lowest BCUT2D eigenvalue weighted by atomic mass is 10.3. The highest BCUT2D eigenvalue weighted by Gasteiger charge is 2.20. The summed E-state index contributed by atoms with van der Waals surface area (Å²) in [6.07, 6.45) is 1.42. The van der Waals surface area contributed by atoms with Crippen LogP contribution in [0.5, 0.6) is 0 Å². The van der Waals surface area contributed by atoms with Gasteiger partial charge in [0.15, 0.2) is 0 Å². The van der Waals surface area contributed by atoms with E-state index in [-0.39, 0.29) is 5.75 Å². The van der Waals surface area contributed by atoms with Crippen LogP contribution in [0.25, 0.3) is 0 Å². The first kappa shape index (κ1) is 18.8. The largest absolute Gasteiger partial charge is 0.748 e. The first-order chi connectivity index (χ1) is 8.83. The van der Waals surface area contributed by atoms with Gasteiger partial charge in [-0.25, -0.2) is 8.42 Å². The molecule has 1 atom stereocenters. The molecule has 0 rings (SSSR count). The maximum atomic E-state index is 10.6. The van der Waals surface area contributed by atoms with Crippen LogP contribution in [0.2, 0.25) is 0 Å². The van der Waals surface area contributed by atoms with Crippen molar-refractivity contribution in [1.29, 1.82) is 0 Å². The summed E-state index contributed by atoms with van der Waals surface area (Å²) in [5.74, 6) is -0.283. The zero-order valence-corrected chi connectivity index (χ0v) is 13.1. The van der Waals surface area contributed by atoms with Crippen molar-refractivity contribution in [2.75, 3.05) is 59.4 Å². The average molecular weight is 297 g/mol. The van der Waals surface area contributed by atoms with Gasteiger partial charge in [-0.2, -0.15) is 0 Å². The lowest BCUT2D eigenvalue weighted by Crippen LogP contribution is -2.48. The number of hydrogen-bond acceptors (Lipinski definition) is 5. The Kier molecular flexibility index (Phi) is 9.55. The first-order valence-electron chi connectivity index (χ1n) is 6.67. The van der Waals surface area contributed by atoms with Crippen LogP contribution in [-0.4, -0.2) is 76.8 Å². The zero-order chi connectivity index (χ0) is 14.8.